The summed E-state index contributed by atoms with van der Waals surface area (Å²) in [6.07, 6.45) is -0.692. The van der Waals surface area contributed by atoms with E-state index in [0.29, 0.717) is 16.5 Å². The van der Waals surface area contributed by atoms with E-state index in [-0.39, 0.29) is 38.7 Å². The fraction of sp³-hybridized carbons (Fsp3) is 0.235. The first-order valence-electron chi connectivity index (χ1n) is 7.34. The maximum atomic E-state index is 12.1. The van der Waals surface area contributed by atoms with Crippen LogP contribution < -0.4 is 4.74 Å². The van der Waals surface area contributed by atoms with Gasteiger partial charge in [0.2, 0.25) is 5.75 Å². The van der Waals surface area contributed by atoms with Crippen molar-refractivity contribution in [1.29, 1.82) is 0 Å². The number of aliphatic hydroxyl groups excluding tert-OH is 1. The van der Waals surface area contributed by atoms with Crippen LogP contribution in [-0.2, 0) is 0 Å². The highest BCUT2D eigenvalue weighted by Crippen LogP contribution is 2.45. The minimum atomic E-state index is -0.692. The lowest BCUT2D eigenvalue weighted by molar-refractivity contribution is -0.385. The van der Waals surface area contributed by atoms with Crippen LogP contribution in [0.3, 0.4) is 0 Å². The number of Topliss-reactive ketones (excluding diaryl/α,β-unsaturated/α-hetero) is 1. The SMILES string of the molecule is COc1c(C(=O)CBr)cc(Cl)c(-c2ccc(C(O)CBr)cc2)c1[N+](=O)[O-]. The molecule has 26 heavy (non-hydrogen) atoms. The Bertz CT molecular complexity index is 842. The van der Waals surface area contributed by atoms with Gasteiger partial charge < -0.3 is 9.84 Å². The minimum absolute atomic E-state index is 0.0185. The van der Waals surface area contributed by atoms with E-state index in [2.05, 4.69) is 31.9 Å². The summed E-state index contributed by atoms with van der Waals surface area (Å²) < 4.78 is 5.17. The van der Waals surface area contributed by atoms with E-state index in [1.807, 2.05) is 0 Å². The van der Waals surface area contributed by atoms with Gasteiger partial charge in [0.1, 0.15) is 0 Å². The van der Waals surface area contributed by atoms with Gasteiger partial charge in [0.15, 0.2) is 5.78 Å². The number of hydrogen-bond acceptors (Lipinski definition) is 5. The molecule has 0 heterocycles. The second-order valence-electron chi connectivity index (χ2n) is 5.27. The van der Waals surface area contributed by atoms with Crippen LogP contribution in [0.1, 0.15) is 22.0 Å². The van der Waals surface area contributed by atoms with Gasteiger partial charge in [-0.05, 0) is 17.2 Å². The van der Waals surface area contributed by atoms with Crippen molar-refractivity contribution in [2.45, 2.75) is 6.10 Å². The molecule has 0 aromatic heterocycles. The molecule has 2 aromatic rings. The molecule has 0 aliphatic heterocycles. The van der Waals surface area contributed by atoms with E-state index < -0.39 is 11.0 Å². The number of hydrogen-bond donors (Lipinski definition) is 1. The molecule has 1 N–H and O–H groups in total. The zero-order chi connectivity index (χ0) is 19.4. The fourth-order valence-corrected chi connectivity index (χ4v) is 3.50. The maximum Gasteiger partial charge on any atom is 0.320 e. The van der Waals surface area contributed by atoms with Crippen molar-refractivity contribution in [3.63, 3.8) is 0 Å². The van der Waals surface area contributed by atoms with Crippen molar-refractivity contribution >= 4 is 54.9 Å². The topological polar surface area (TPSA) is 89.7 Å². The molecule has 0 aliphatic rings. The van der Waals surface area contributed by atoms with Crippen molar-refractivity contribution < 1.29 is 19.6 Å². The Morgan fingerprint density at radius 3 is 2.42 bits per heavy atom. The van der Waals surface area contributed by atoms with Gasteiger partial charge in [-0.2, -0.15) is 0 Å². The van der Waals surface area contributed by atoms with Gasteiger partial charge in [-0.15, -0.1) is 0 Å². The second-order valence-corrected chi connectivity index (χ2v) is 6.88. The van der Waals surface area contributed by atoms with Gasteiger partial charge in [-0.25, -0.2) is 0 Å². The number of ketones is 1. The highest BCUT2D eigenvalue weighted by Gasteiger charge is 2.30. The number of alkyl halides is 2. The first-order valence-corrected chi connectivity index (χ1v) is 9.96. The molecule has 1 unspecified atom stereocenters. The third-order valence-corrected chi connectivity index (χ3v) is 5.17. The molecule has 2 rings (SSSR count). The van der Waals surface area contributed by atoms with Gasteiger partial charge in [-0.3, -0.25) is 14.9 Å². The lowest BCUT2D eigenvalue weighted by Gasteiger charge is -2.14. The van der Waals surface area contributed by atoms with Gasteiger partial charge in [0.25, 0.3) is 0 Å². The number of nitro benzene ring substituents is 1. The first kappa shape index (κ1) is 20.8. The summed E-state index contributed by atoms with van der Waals surface area (Å²) in [5.41, 5.74) is 0.944. The highest BCUT2D eigenvalue weighted by atomic mass is 79.9. The van der Waals surface area contributed by atoms with Gasteiger partial charge in [-0.1, -0.05) is 67.7 Å². The lowest BCUT2D eigenvalue weighted by atomic mass is 9.97. The average Bonchev–Trinajstić information content (AvgIpc) is 2.65. The predicted molar refractivity (Wildman–Crippen MR) is 107 cm³/mol. The van der Waals surface area contributed by atoms with Crippen LogP contribution in [0.2, 0.25) is 5.02 Å². The number of carbonyl (C=O) groups excluding carboxylic acids is 1. The van der Waals surface area contributed by atoms with Crippen molar-refractivity contribution in [1.82, 2.24) is 0 Å². The van der Waals surface area contributed by atoms with Crippen LogP contribution in [0.4, 0.5) is 5.69 Å². The van der Waals surface area contributed by atoms with Crippen LogP contribution in [0.25, 0.3) is 11.1 Å². The first-order chi connectivity index (χ1) is 12.3. The Hall–Kier alpha value is -1.48. The summed E-state index contributed by atoms with van der Waals surface area (Å²) in [6, 6.07) is 7.94. The quantitative estimate of drug-likeness (QED) is 0.248. The Morgan fingerprint density at radius 1 is 1.35 bits per heavy atom. The number of halogens is 3. The molecule has 0 saturated heterocycles. The summed E-state index contributed by atoms with van der Waals surface area (Å²) in [6.45, 7) is 0. The summed E-state index contributed by atoms with van der Waals surface area (Å²) in [4.78, 5) is 23.2. The highest BCUT2D eigenvalue weighted by molar-refractivity contribution is 9.09. The summed E-state index contributed by atoms with van der Waals surface area (Å²) in [5, 5.41) is 22.0. The van der Waals surface area contributed by atoms with Crippen molar-refractivity contribution in [3.8, 4) is 16.9 Å². The molecule has 0 bridgehead atoms. The number of rotatable bonds is 7. The van der Waals surface area contributed by atoms with E-state index in [4.69, 9.17) is 16.3 Å². The third kappa shape index (κ3) is 4.09. The molecule has 2 aromatic carbocycles. The van der Waals surface area contributed by atoms with Crippen molar-refractivity contribution in [2.24, 2.45) is 0 Å². The Labute approximate surface area is 171 Å². The van der Waals surface area contributed by atoms with E-state index >= 15 is 0 Å². The molecule has 6 nitrogen and oxygen atoms in total. The molecule has 1 atom stereocenters. The van der Waals surface area contributed by atoms with Crippen molar-refractivity contribution in [2.75, 3.05) is 17.8 Å². The molecule has 0 fully saturated rings. The molecular weight excluding hydrogens is 493 g/mol. The normalized spacial score (nSPS) is 11.9. The van der Waals surface area contributed by atoms with Crippen LogP contribution in [0, 0.1) is 10.1 Å². The molecule has 9 heteroatoms. The largest absolute Gasteiger partial charge is 0.490 e. The van der Waals surface area contributed by atoms with Crippen LogP contribution >= 0.6 is 43.5 Å². The number of benzene rings is 2. The predicted octanol–water partition coefficient (Wildman–Crippen LogP) is 4.93. The van der Waals surface area contributed by atoms with Gasteiger partial charge >= 0.3 is 5.69 Å². The van der Waals surface area contributed by atoms with Crippen LogP contribution in [0.15, 0.2) is 30.3 Å². The zero-order valence-electron chi connectivity index (χ0n) is 13.5. The molecule has 138 valence electrons. The Balaban J connectivity index is 2.72. The number of aliphatic hydroxyl groups is 1. The number of ether oxygens (including phenoxy) is 1. The summed E-state index contributed by atoms with van der Waals surface area (Å²) >= 11 is 12.5. The summed E-state index contributed by atoms with van der Waals surface area (Å²) in [5.74, 6) is -0.516. The number of nitrogens with zero attached hydrogens (tertiary/aromatic N) is 1. The van der Waals surface area contributed by atoms with Gasteiger partial charge in [0.05, 0.1) is 39.6 Å². The Kier molecular flexibility index (Phi) is 7.16. The second kappa shape index (κ2) is 8.94. The average molecular weight is 508 g/mol. The molecule has 0 saturated carbocycles. The lowest BCUT2D eigenvalue weighted by Crippen LogP contribution is -2.07. The number of nitro groups is 1. The van der Waals surface area contributed by atoms with E-state index in [9.17, 15) is 20.0 Å². The monoisotopic (exact) mass is 505 g/mol. The zero-order valence-corrected chi connectivity index (χ0v) is 17.5. The van der Waals surface area contributed by atoms with E-state index in [0.717, 1.165) is 0 Å². The van der Waals surface area contributed by atoms with Crippen molar-refractivity contribution in [3.05, 3.63) is 56.6 Å². The third-order valence-electron chi connectivity index (χ3n) is 3.75. The van der Waals surface area contributed by atoms with Crippen LogP contribution in [0.5, 0.6) is 5.75 Å². The molecule has 0 radical (unpaired) electrons. The number of carbonyl (C=O) groups is 1. The molecular formula is C17H14Br2ClNO5. The smallest absolute Gasteiger partial charge is 0.320 e. The Morgan fingerprint density at radius 2 is 1.96 bits per heavy atom. The number of methoxy groups -OCH3 is 1. The van der Waals surface area contributed by atoms with Gasteiger partial charge in [0, 0.05) is 5.33 Å². The standard InChI is InChI=1S/C17H14Br2ClNO5/c1-26-17-11(14(23)8-19)6-12(20)15(16(17)21(24)25)10-4-2-9(3-5-10)13(22)7-18/h2-6,13,22H,7-8H2,1H3. The molecule has 0 spiro atoms. The maximum absolute atomic E-state index is 12.1. The van der Waals surface area contributed by atoms with E-state index in [1.165, 1.54) is 13.2 Å². The summed E-state index contributed by atoms with van der Waals surface area (Å²) in [7, 11) is 1.26. The fourth-order valence-electron chi connectivity index (χ4n) is 2.51. The van der Waals surface area contributed by atoms with Crippen LogP contribution in [-0.4, -0.2) is 33.6 Å². The minimum Gasteiger partial charge on any atom is -0.490 e. The van der Waals surface area contributed by atoms with E-state index in [1.54, 1.807) is 24.3 Å². The molecule has 0 amide bonds. The molecule has 0 aliphatic carbocycles.